The topological polar surface area (TPSA) is 85.8 Å². The van der Waals surface area contributed by atoms with E-state index in [1.54, 1.807) is 0 Å². The molecule has 3 N–H and O–H groups in total. The molecule has 0 aliphatic heterocycles. The fourth-order valence-electron chi connectivity index (χ4n) is 1.74. The Kier molecular flexibility index (Phi) is 2.34. The molecule has 0 saturated heterocycles. The highest BCUT2D eigenvalue weighted by Crippen LogP contribution is 2.30. The van der Waals surface area contributed by atoms with Gasteiger partial charge >= 0.3 is 0 Å². The van der Waals surface area contributed by atoms with Crippen LogP contribution in [0, 0.1) is 0 Å². The van der Waals surface area contributed by atoms with Gasteiger partial charge in [0, 0.05) is 5.54 Å². The van der Waals surface area contributed by atoms with Gasteiger partial charge in [-0.1, -0.05) is 0 Å². The second kappa shape index (κ2) is 3.52. The van der Waals surface area contributed by atoms with Crippen LogP contribution in [0.5, 0.6) is 0 Å². The molecule has 0 unspecified atom stereocenters. The second-order valence-electron chi connectivity index (χ2n) is 4.26. The highest BCUT2D eigenvalue weighted by atomic mass is 16.2. The number of anilines is 1. The Labute approximate surface area is 87.9 Å². The van der Waals surface area contributed by atoms with Crippen molar-refractivity contribution in [3.8, 4) is 0 Å². The average molecular weight is 209 g/mol. The Bertz CT molecular complexity index is 368. The fourth-order valence-corrected chi connectivity index (χ4v) is 1.74. The summed E-state index contributed by atoms with van der Waals surface area (Å²) in [5, 5.41) is 6.83. The van der Waals surface area contributed by atoms with Gasteiger partial charge in [-0.3, -0.25) is 4.79 Å². The highest BCUT2D eigenvalue weighted by molar-refractivity contribution is 5.76. The third kappa shape index (κ3) is 2.26. The summed E-state index contributed by atoms with van der Waals surface area (Å²) in [5.74, 6) is 0.153. The first-order valence-electron chi connectivity index (χ1n) is 5.03. The van der Waals surface area contributed by atoms with E-state index in [1.807, 2.05) is 0 Å². The molecule has 1 saturated carbocycles. The molecular formula is C9H15N5O. The maximum absolute atomic E-state index is 11.6. The molecule has 2 rings (SSSR count). The fraction of sp³-hybridized carbons (Fsp3) is 0.667. The van der Waals surface area contributed by atoms with E-state index in [1.165, 1.54) is 17.4 Å². The average Bonchev–Trinajstić information content (AvgIpc) is 2.48. The molecule has 1 aliphatic rings. The quantitative estimate of drug-likeness (QED) is 0.729. The monoisotopic (exact) mass is 209 g/mol. The Morgan fingerprint density at radius 2 is 2.47 bits per heavy atom. The summed E-state index contributed by atoms with van der Waals surface area (Å²) in [6.07, 6.45) is 4.75. The SMILES string of the molecule is CC1(NC(=O)Cn2cnc(N)n2)CCC1. The van der Waals surface area contributed by atoms with E-state index in [-0.39, 0.29) is 23.9 Å². The zero-order valence-corrected chi connectivity index (χ0v) is 8.73. The summed E-state index contributed by atoms with van der Waals surface area (Å²) in [6.45, 7) is 2.24. The van der Waals surface area contributed by atoms with Crippen LogP contribution < -0.4 is 11.1 Å². The first kappa shape index (κ1) is 9.95. The third-order valence-electron chi connectivity index (χ3n) is 2.76. The number of aromatic nitrogens is 3. The van der Waals surface area contributed by atoms with Gasteiger partial charge in [0.15, 0.2) is 0 Å². The van der Waals surface area contributed by atoms with E-state index in [0.29, 0.717) is 0 Å². The van der Waals surface area contributed by atoms with Crippen molar-refractivity contribution in [3.05, 3.63) is 6.33 Å². The molecule has 0 spiro atoms. The van der Waals surface area contributed by atoms with Crippen LogP contribution in [-0.2, 0) is 11.3 Å². The van der Waals surface area contributed by atoms with Crippen LogP contribution in [0.1, 0.15) is 26.2 Å². The summed E-state index contributed by atoms with van der Waals surface area (Å²) in [6, 6.07) is 0. The van der Waals surface area contributed by atoms with Gasteiger partial charge < -0.3 is 11.1 Å². The van der Waals surface area contributed by atoms with E-state index >= 15 is 0 Å². The minimum absolute atomic E-state index is 0.0107. The number of nitrogens with two attached hydrogens (primary N) is 1. The molecule has 1 aromatic rings. The maximum Gasteiger partial charge on any atom is 0.242 e. The minimum Gasteiger partial charge on any atom is -0.367 e. The Morgan fingerprint density at radius 1 is 1.73 bits per heavy atom. The lowest BCUT2D eigenvalue weighted by atomic mass is 9.78. The number of carbonyl (C=O) groups excluding carboxylic acids is 1. The van der Waals surface area contributed by atoms with Crippen LogP contribution in [0.2, 0.25) is 0 Å². The summed E-state index contributed by atoms with van der Waals surface area (Å²) < 4.78 is 1.44. The largest absolute Gasteiger partial charge is 0.367 e. The van der Waals surface area contributed by atoms with E-state index in [2.05, 4.69) is 22.3 Å². The molecule has 1 aliphatic carbocycles. The Morgan fingerprint density at radius 3 is 2.93 bits per heavy atom. The van der Waals surface area contributed by atoms with Gasteiger partial charge in [-0.2, -0.15) is 0 Å². The Balaban J connectivity index is 1.87. The van der Waals surface area contributed by atoms with Crippen LogP contribution in [0.15, 0.2) is 6.33 Å². The molecule has 82 valence electrons. The number of rotatable bonds is 3. The van der Waals surface area contributed by atoms with Crippen LogP contribution in [0.3, 0.4) is 0 Å². The number of hydrogen-bond donors (Lipinski definition) is 2. The van der Waals surface area contributed by atoms with Crippen molar-refractivity contribution in [2.45, 2.75) is 38.3 Å². The van der Waals surface area contributed by atoms with E-state index in [0.717, 1.165) is 12.8 Å². The second-order valence-corrected chi connectivity index (χ2v) is 4.26. The molecule has 1 heterocycles. The number of nitrogens with one attached hydrogen (secondary N) is 1. The molecule has 6 nitrogen and oxygen atoms in total. The van der Waals surface area contributed by atoms with E-state index in [4.69, 9.17) is 5.73 Å². The molecule has 0 bridgehead atoms. The molecular weight excluding hydrogens is 194 g/mol. The highest BCUT2D eigenvalue weighted by Gasteiger charge is 2.32. The predicted octanol–water partition coefficient (Wildman–Crippen LogP) is -0.0809. The van der Waals surface area contributed by atoms with Crippen molar-refractivity contribution >= 4 is 11.9 Å². The van der Waals surface area contributed by atoms with Gasteiger partial charge in [-0.05, 0) is 26.2 Å². The summed E-state index contributed by atoms with van der Waals surface area (Å²) in [5.41, 5.74) is 5.33. The van der Waals surface area contributed by atoms with Crippen molar-refractivity contribution in [1.82, 2.24) is 20.1 Å². The van der Waals surface area contributed by atoms with E-state index in [9.17, 15) is 4.79 Å². The van der Waals surface area contributed by atoms with E-state index < -0.39 is 0 Å². The van der Waals surface area contributed by atoms with Gasteiger partial charge in [-0.25, -0.2) is 9.67 Å². The van der Waals surface area contributed by atoms with Crippen molar-refractivity contribution in [3.63, 3.8) is 0 Å². The van der Waals surface area contributed by atoms with Crippen LogP contribution in [0.25, 0.3) is 0 Å². The number of nitrogens with zero attached hydrogens (tertiary/aromatic N) is 3. The van der Waals surface area contributed by atoms with Crippen molar-refractivity contribution < 1.29 is 4.79 Å². The lowest BCUT2D eigenvalue weighted by molar-refractivity contribution is -0.124. The minimum atomic E-state index is -0.0397. The molecule has 1 amide bonds. The first-order chi connectivity index (χ1) is 7.07. The summed E-state index contributed by atoms with van der Waals surface area (Å²) in [7, 11) is 0. The number of nitrogen functional groups attached to an aromatic ring is 1. The normalized spacial score (nSPS) is 18.2. The molecule has 0 aromatic carbocycles. The van der Waals surface area contributed by atoms with Crippen LogP contribution in [-0.4, -0.2) is 26.2 Å². The third-order valence-corrected chi connectivity index (χ3v) is 2.76. The zero-order chi connectivity index (χ0) is 10.9. The first-order valence-corrected chi connectivity index (χ1v) is 5.03. The number of amides is 1. The van der Waals surface area contributed by atoms with Crippen molar-refractivity contribution in [2.75, 3.05) is 5.73 Å². The Hall–Kier alpha value is -1.59. The lowest BCUT2D eigenvalue weighted by Crippen LogP contribution is -2.51. The predicted molar refractivity (Wildman–Crippen MR) is 54.8 cm³/mol. The van der Waals surface area contributed by atoms with Gasteiger partial charge in [0.05, 0.1) is 0 Å². The smallest absolute Gasteiger partial charge is 0.242 e. The standard InChI is InChI=1S/C9H15N5O/c1-9(3-2-4-9)12-7(15)5-14-6-11-8(10)13-14/h6H,2-5H2,1H3,(H2,10,13)(H,12,15). The lowest BCUT2D eigenvalue weighted by Gasteiger charge is -2.39. The van der Waals surface area contributed by atoms with Gasteiger partial charge in [0.1, 0.15) is 12.9 Å². The van der Waals surface area contributed by atoms with Crippen LogP contribution in [0.4, 0.5) is 5.95 Å². The molecule has 15 heavy (non-hydrogen) atoms. The van der Waals surface area contributed by atoms with Crippen molar-refractivity contribution in [1.29, 1.82) is 0 Å². The zero-order valence-electron chi connectivity index (χ0n) is 8.73. The summed E-state index contributed by atoms with van der Waals surface area (Å²) >= 11 is 0. The molecule has 6 heteroatoms. The summed E-state index contributed by atoms with van der Waals surface area (Å²) in [4.78, 5) is 15.3. The van der Waals surface area contributed by atoms with Gasteiger partial charge in [0.25, 0.3) is 0 Å². The number of carbonyl (C=O) groups is 1. The van der Waals surface area contributed by atoms with Gasteiger partial charge in [0.2, 0.25) is 11.9 Å². The molecule has 0 radical (unpaired) electrons. The van der Waals surface area contributed by atoms with Gasteiger partial charge in [-0.15, -0.1) is 5.10 Å². The van der Waals surface area contributed by atoms with Crippen molar-refractivity contribution in [2.24, 2.45) is 0 Å². The maximum atomic E-state index is 11.6. The van der Waals surface area contributed by atoms with Crippen LogP contribution >= 0.6 is 0 Å². The number of hydrogen-bond acceptors (Lipinski definition) is 4. The molecule has 1 aromatic heterocycles. The molecule has 1 fully saturated rings. The molecule has 0 atom stereocenters.